The van der Waals surface area contributed by atoms with Crippen molar-refractivity contribution in [3.8, 4) is 0 Å². The smallest absolute Gasteiger partial charge is 0.144 e. The van der Waals surface area contributed by atoms with Crippen molar-refractivity contribution in [1.82, 2.24) is 0 Å². The van der Waals surface area contributed by atoms with Crippen molar-refractivity contribution in [3.63, 3.8) is 0 Å². The van der Waals surface area contributed by atoms with Crippen LogP contribution in [-0.2, 0) is 0 Å². The van der Waals surface area contributed by atoms with E-state index in [0.29, 0.717) is 5.84 Å². The highest BCUT2D eigenvalue weighted by Crippen LogP contribution is 2.23. The minimum atomic E-state index is -0.243. The molecule has 0 heterocycles. The normalized spacial score (nSPS) is 12.4. The van der Waals surface area contributed by atoms with Crippen molar-refractivity contribution < 1.29 is 5.21 Å². The van der Waals surface area contributed by atoms with E-state index in [9.17, 15) is 0 Å². The van der Waals surface area contributed by atoms with Crippen LogP contribution in [-0.4, -0.2) is 23.8 Å². The van der Waals surface area contributed by atoms with Gasteiger partial charge in [0.25, 0.3) is 0 Å². The van der Waals surface area contributed by atoms with E-state index in [1.54, 1.807) is 11.8 Å². The van der Waals surface area contributed by atoms with Gasteiger partial charge in [0, 0.05) is 22.5 Å². The molecule has 1 aromatic rings. The summed E-state index contributed by atoms with van der Waals surface area (Å²) in [5.41, 5.74) is 6.59. The topological polar surface area (TPSA) is 70.6 Å². The van der Waals surface area contributed by atoms with Crippen molar-refractivity contribution in [2.75, 3.05) is 18.1 Å². The molecule has 0 fully saturated rings. The minimum Gasteiger partial charge on any atom is -0.409 e. The number of anilines is 1. The molecule has 0 aliphatic carbocycles. The maximum atomic E-state index is 8.72. The zero-order valence-corrected chi connectivity index (χ0v) is 13.3. The molecular formula is C15H25N3OS. The summed E-state index contributed by atoms with van der Waals surface area (Å²) in [7, 11) is 0. The number of benzene rings is 1. The highest BCUT2D eigenvalue weighted by atomic mass is 32.2. The first-order chi connectivity index (χ1) is 9.49. The molecule has 4 nitrogen and oxygen atoms in total. The number of hydrogen-bond donors (Lipinski definition) is 3. The molecule has 0 aromatic heterocycles. The maximum Gasteiger partial charge on any atom is 0.144 e. The molecule has 5 heteroatoms. The van der Waals surface area contributed by atoms with Gasteiger partial charge in [-0.15, -0.1) is 11.8 Å². The highest BCUT2D eigenvalue weighted by molar-refractivity contribution is 7.98. The van der Waals surface area contributed by atoms with Gasteiger partial charge in [-0.05, 0) is 37.3 Å². The van der Waals surface area contributed by atoms with Crippen LogP contribution in [0, 0.1) is 5.41 Å². The first-order valence-corrected chi connectivity index (χ1v) is 8.08. The number of amidine groups is 1. The fraction of sp³-hybridized carbons (Fsp3) is 0.533. The van der Waals surface area contributed by atoms with Gasteiger partial charge in [0.2, 0.25) is 0 Å². The van der Waals surface area contributed by atoms with E-state index < -0.39 is 0 Å². The summed E-state index contributed by atoms with van der Waals surface area (Å²) in [5, 5.41) is 15.2. The summed E-state index contributed by atoms with van der Waals surface area (Å²) >= 11 is 1.75. The van der Waals surface area contributed by atoms with Gasteiger partial charge in [0.1, 0.15) is 5.84 Å². The highest BCUT2D eigenvalue weighted by Gasteiger charge is 2.22. The number of unbranched alkanes of at least 4 members (excludes halogenated alkanes) is 1. The Hall–Kier alpha value is -1.36. The molecule has 1 aromatic carbocycles. The second-order valence-corrected chi connectivity index (χ2v) is 6.36. The van der Waals surface area contributed by atoms with Gasteiger partial charge < -0.3 is 16.3 Å². The Labute approximate surface area is 125 Å². The van der Waals surface area contributed by atoms with Gasteiger partial charge in [0.15, 0.2) is 0 Å². The van der Waals surface area contributed by atoms with Crippen molar-refractivity contribution in [2.45, 2.75) is 38.0 Å². The predicted octanol–water partition coefficient (Wildman–Crippen LogP) is 3.76. The lowest BCUT2D eigenvalue weighted by Crippen LogP contribution is -2.31. The Morgan fingerprint density at radius 2 is 2.15 bits per heavy atom. The van der Waals surface area contributed by atoms with E-state index in [-0.39, 0.29) is 5.41 Å². The molecule has 0 unspecified atom stereocenters. The van der Waals surface area contributed by atoms with Crippen molar-refractivity contribution in [2.24, 2.45) is 16.3 Å². The molecule has 0 atom stereocenters. The van der Waals surface area contributed by atoms with Gasteiger partial charge >= 0.3 is 0 Å². The van der Waals surface area contributed by atoms with Crippen LogP contribution < -0.4 is 11.1 Å². The Morgan fingerprint density at radius 1 is 1.40 bits per heavy atom. The lowest BCUT2D eigenvalue weighted by atomic mass is 9.86. The molecule has 112 valence electrons. The van der Waals surface area contributed by atoms with Crippen LogP contribution in [0.4, 0.5) is 5.69 Å². The lowest BCUT2D eigenvalue weighted by molar-refractivity contribution is 0.304. The summed E-state index contributed by atoms with van der Waals surface area (Å²) in [5.74, 6) is 0.304. The van der Waals surface area contributed by atoms with Gasteiger partial charge in [-0.3, -0.25) is 0 Å². The Morgan fingerprint density at radius 3 is 2.80 bits per heavy atom. The van der Waals surface area contributed by atoms with E-state index in [1.165, 1.54) is 4.90 Å². The van der Waals surface area contributed by atoms with Crippen LogP contribution >= 0.6 is 11.8 Å². The average Bonchev–Trinajstić information content (AvgIpc) is 2.46. The maximum absolute atomic E-state index is 8.72. The summed E-state index contributed by atoms with van der Waals surface area (Å²) in [4.78, 5) is 1.27. The van der Waals surface area contributed by atoms with Crippen LogP contribution in [0.5, 0.6) is 0 Å². The number of oxime groups is 1. The molecule has 0 aliphatic heterocycles. The molecule has 0 radical (unpaired) electrons. The largest absolute Gasteiger partial charge is 0.409 e. The zero-order chi connectivity index (χ0) is 15.0. The Balaban J connectivity index is 2.28. The SMILES string of the molecule is CSc1cccc(NCCCCC(C)(C)/C(N)=N/O)c1. The van der Waals surface area contributed by atoms with E-state index in [2.05, 4.69) is 41.0 Å². The van der Waals surface area contributed by atoms with Crippen LogP contribution in [0.15, 0.2) is 34.3 Å². The van der Waals surface area contributed by atoms with Crippen molar-refractivity contribution in [3.05, 3.63) is 24.3 Å². The fourth-order valence-electron chi connectivity index (χ4n) is 1.92. The van der Waals surface area contributed by atoms with Gasteiger partial charge in [-0.2, -0.15) is 0 Å². The molecule has 20 heavy (non-hydrogen) atoms. The second-order valence-electron chi connectivity index (χ2n) is 5.48. The van der Waals surface area contributed by atoms with Crippen LogP contribution in [0.25, 0.3) is 0 Å². The minimum absolute atomic E-state index is 0.243. The quantitative estimate of drug-likeness (QED) is 0.170. The number of rotatable bonds is 8. The van der Waals surface area contributed by atoms with Crippen LogP contribution in [0.2, 0.25) is 0 Å². The molecule has 1 rings (SSSR count). The molecular weight excluding hydrogens is 270 g/mol. The van der Waals surface area contributed by atoms with Gasteiger partial charge in [0.05, 0.1) is 0 Å². The molecule has 0 saturated heterocycles. The molecule has 0 amide bonds. The van der Waals surface area contributed by atoms with Crippen molar-refractivity contribution in [1.29, 1.82) is 0 Å². The second kappa shape index (κ2) is 8.04. The van der Waals surface area contributed by atoms with E-state index in [0.717, 1.165) is 31.5 Å². The van der Waals surface area contributed by atoms with Crippen LogP contribution in [0.3, 0.4) is 0 Å². The molecule has 0 saturated carbocycles. The summed E-state index contributed by atoms with van der Waals surface area (Å²) in [6.45, 7) is 4.93. The predicted molar refractivity (Wildman–Crippen MR) is 87.8 cm³/mol. The van der Waals surface area contributed by atoms with Crippen LogP contribution in [0.1, 0.15) is 33.1 Å². The summed E-state index contributed by atoms with van der Waals surface area (Å²) in [6.07, 6.45) is 5.09. The first kappa shape index (κ1) is 16.7. The molecule has 0 bridgehead atoms. The third-order valence-corrected chi connectivity index (χ3v) is 4.15. The summed E-state index contributed by atoms with van der Waals surface area (Å²) in [6, 6.07) is 8.41. The Bertz CT molecular complexity index is 446. The fourth-order valence-corrected chi connectivity index (χ4v) is 2.38. The summed E-state index contributed by atoms with van der Waals surface area (Å²) < 4.78 is 0. The molecule has 0 aliphatic rings. The number of nitrogens with two attached hydrogens (primary N) is 1. The lowest BCUT2D eigenvalue weighted by Gasteiger charge is -2.22. The van der Waals surface area contributed by atoms with E-state index >= 15 is 0 Å². The molecule has 0 spiro atoms. The van der Waals surface area contributed by atoms with E-state index in [1.807, 2.05) is 13.8 Å². The van der Waals surface area contributed by atoms with Crippen molar-refractivity contribution >= 4 is 23.3 Å². The standard InChI is InChI=1S/C15H25N3OS/c1-15(2,14(16)18-19)9-4-5-10-17-12-7-6-8-13(11-12)20-3/h6-8,11,17,19H,4-5,9-10H2,1-3H3,(H2,16,18). The number of nitrogens with one attached hydrogen (secondary N) is 1. The molecule has 4 N–H and O–H groups in total. The Kier molecular flexibility index (Phi) is 6.71. The first-order valence-electron chi connectivity index (χ1n) is 6.85. The third kappa shape index (κ3) is 5.33. The third-order valence-electron chi connectivity index (χ3n) is 3.43. The average molecular weight is 295 g/mol. The van der Waals surface area contributed by atoms with E-state index in [4.69, 9.17) is 10.9 Å². The number of thioether (sulfide) groups is 1. The van der Waals surface area contributed by atoms with Gasteiger partial charge in [-0.1, -0.05) is 31.5 Å². The number of nitrogens with zero attached hydrogens (tertiary/aromatic N) is 1. The zero-order valence-electron chi connectivity index (χ0n) is 12.5. The monoisotopic (exact) mass is 295 g/mol. The van der Waals surface area contributed by atoms with Gasteiger partial charge in [-0.25, -0.2) is 0 Å². The number of hydrogen-bond acceptors (Lipinski definition) is 4.